The smallest absolute Gasteiger partial charge is 0.213 e. The van der Waals surface area contributed by atoms with E-state index < -0.39 is 0 Å². The molecule has 3 rings (SSSR count). The molecular weight excluding hydrogens is 268 g/mol. The Bertz CT molecular complexity index is 706. The molecule has 0 bridgehead atoms. The highest BCUT2D eigenvalue weighted by Gasteiger charge is 2.13. The summed E-state index contributed by atoms with van der Waals surface area (Å²) in [7, 11) is 1.60. The van der Waals surface area contributed by atoms with Crippen LogP contribution in [0.1, 0.15) is 13.0 Å². The normalized spacial score (nSPS) is 12.3. The van der Waals surface area contributed by atoms with Gasteiger partial charge in [0.2, 0.25) is 5.88 Å². The van der Waals surface area contributed by atoms with Crippen molar-refractivity contribution in [1.82, 2.24) is 29.3 Å². The molecule has 21 heavy (non-hydrogen) atoms. The molecule has 3 aromatic heterocycles. The van der Waals surface area contributed by atoms with Gasteiger partial charge in [-0.3, -0.25) is 4.68 Å². The van der Waals surface area contributed by atoms with Crippen molar-refractivity contribution in [2.24, 2.45) is 0 Å². The van der Waals surface area contributed by atoms with E-state index in [1.807, 2.05) is 23.0 Å². The molecule has 0 aliphatic rings. The van der Waals surface area contributed by atoms with E-state index in [4.69, 9.17) is 4.74 Å². The van der Waals surface area contributed by atoms with Crippen molar-refractivity contribution in [2.75, 3.05) is 7.11 Å². The first-order valence-corrected chi connectivity index (χ1v) is 6.63. The van der Waals surface area contributed by atoms with Crippen molar-refractivity contribution in [3.63, 3.8) is 0 Å². The Kier molecular flexibility index (Phi) is 3.63. The van der Waals surface area contributed by atoms with Crippen LogP contribution in [0.15, 0.2) is 43.4 Å². The van der Waals surface area contributed by atoms with Crippen LogP contribution in [0.5, 0.6) is 5.88 Å². The third kappa shape index (κ3) is 2.76. The van der Waals surface area contributed by atoms with Gasteiger partial charge in [0.05, 0.1) is 19.7 Å². The van der Waals surface area contributed by atoms with Crippen LogP contribution in [0.4, 0.5) is 0 Å². The van der Waals surface area contributed by atoms with Crippen LogP contribution in [0.2, 0.25) is 0 Å². The van der Waals surface area contributed by atoms with Gasteiger partial charge in [0.25, 0.3) is 0 Å². The van der Waals surface area contributed by atoms with Crippen LogP contribution in [-0.2, 0) is 6.54 Å². The number of aromatic nitrogens is 6. The standard InChI is InChI=1S/C14H16N6O/c1-11(8-19-10-15-9-18-19)20-6-5-17-14(20)12-3-4-16-13(7-12)21-2/h3-7,9-11H,8H2,1-2H3. The third-order valence-corrected chi connectivity index (χ3v) is 3.26. The molecule has 0 saturated heterocycles. The van der Waals surface area contributed by atoms with Crippen molar-refractivity contribution >= 4 is 0 Å². The van der Waals surface area contributed by atoms with Gasteiger partial charge < -0.3 is 9.30 Å². The molecule has 1 atom stereocenters. The second-order valence-corrected chi connectivity index (χ2v) is 4.71. The maximum Gasteiger partial charge on any atom is 0.213 e. The first-order chi connectivity index (χ1) is 10.3. The van der Waals surface area contributed by atoms with Gasteiger partial charge in [-0.15, -0.1) is 0 Å². The number of hydrogen-bond donors (Lipinski definition) is 0. The minimum atomic E-state index is 0.198. The van der Waals surface area contributed by atoms with Gasteiger partial charge in [0.1, 0.15) is 18.5 Å². The fourth-order valence-corrected chi connectivity index (χ4v) is 2.24. The Balaban J connectivity index is 1.89. The zero-order valence-electron chi connectivity index (χ0n) is 11.9. The van der Waals surface area contributed by atoms with E-state index in [0.717, 1.165) is 17.9 Å². The summed E-state index contributed by atoms with van der Waals surface area (Å²) in [4.78, 5) is 12.5. The summed E-state index contributed by atoms with van der Waals surface area (Å²) in [5, 5.41) is 4.14. The first-order valence-electron chi connectivity index (χ1n) is 6.63. The minimum Gasteiger partial charge on any atom is -0.481 e. The zero-order chi connectivity index (χ0) is 14.7. The molecule has 0 aromatic carbocycles. The van der Waals surface area contributed by atoms with Gasteiger partial charge in [-0.2, -0.15) is 5.10 Å². The molecule has 0 aliphatic heterocycles. The van der Waals surface area contributed by atoms with Crippen LogP contribution in [0, 0.1) is 0 Å². The minimum absolute atomic E-state index is 0.198. The molecule has 3 aromatic rings. The number of rotatable bonds is 5. The van der Waals surface area contributed by atoms with Crippen molar-refractivity contribution in [1.29, 1.82) is 0 Å². The molecule has 0 N–H and O–H groups in total. The zero-order valence-corrected chi connectivity index (χ0v) is 11.9. The lowest BCUT2D eigenvalue weighted by atomic mass is 10.2. The van der Waals surface area contributed by atoms with Crippen molar-refractivity contribution in [2.45, 2.75) is 19.5 Å². The highest BCUT2D eigenvalue weighted by Crippen LogP contribution is 2.23. The SMILES string of the molecule is COc1cc(-c2nccn2C(C)Cn2cncn2)ccn1. The Morgan fingerprint density at radius 1 is 1.29 bits per heavy atom. The summed E-state index contributed by atoms with van der Waals surface area (Å²) in [5.74, 6) is 1.45. The summed E-state index contributed by atoms with van der Waals surface area (Å²) in [6, 6.07) is 3.99. The number of pyridine rings is 1. The molecule has 3 heterocycles. The molecule has 7 nitrogen and oxygen atoms in total. The van der Waals surface area contributed by atoms with Crippen LogP contribution in [0.3, 0.4) is 0 Å². The average Bonchev–Trinajstić information content (AvgIpc) is 3.18. The molecule has 1 unspecified atom stereocenters. The summed E-state index contributed by atoms with van der Waals surface area (Å²) in [6.07, 6.45) is 8.72. The highest BCUT2D eigenvalue weighted by molar-refractivity contribution is 5.56. The summed E-state index contributed by atoms with van der Waals surface area (Å²) in [5.41, 5.74) is 0.970. The van der Waals surface area contributed by atoms with Gasteiger partial charge >= 0.3 is 0 Å². The molecule has 0 aliphatic carbocycles. The monoisotopic (exact) mass is 284 g/mol. The van der Waals surface area contributed by atoms with E-state index in [1.54, 1.807) is 25.8 Å². The Labute approximate surface area is 122 Å². The second-order valence-electron chi connectivity index (χ2n) is 4.71. The molecule has 0 fully saturated rings. The van der Waals surface area contributed by atoms with Crippen LogP contribution >= 0.6 is 0 Å². The molecule has 0 spiro atoms. The lowest BCUT2D eigenvalue weighted by Crippen LogP contribution is -2.14. The van der Waals surface area contributed by atoms with E-state index in [-0.39, 0.29) is 6.04 Å². The molecule has 108 valence electrons. The van der Waals surface area contributed by atoms with Crippen molar-refractivity contribution in [3.8, 4) is 17.3 Å². The van der Waals surface area contributed by atoms with E-state index >= 15 is 0 Å². The predicted octanol–water partition coefficient (Wildman–Crippen LogP) is 1.81. The van der Waals surface area contributed by atoms with Crippen molar-refractivity contribution < 1.29 is 4.74 Å². The molecular formula is C14H16N6O. The predicted molar refractivity (Wildman–Crippen MR) is 76.7 cm³/mol. The summed E-state index contributed by atoms with van der Waals surface area (Å²) in [6.45, 7) is 2.84. The van der Waals surface area contributed by atoms with Crippen LogP contribution in [-0.4, -0.2) is 36.4 Å². The number of nitrogens with zero attached hydrogens (tertiary/aromatic N) is 6. The van der Waals surface area contributed by atoms with Crippen molar-refractivity contribution in [3.05, 3.63) is 43.4 Å². The lowest BCUT2D eigenvalue weighted by Gasteiger charge is -2.16. The Morgan fingerprint density at radius 2 is 2.19 bits per heavy atom. The first kappa shape index (κ1) is 13.3. The molecule has 0 radical (unpaired) electrons. The fraction of sp³-hybridized carbons (Fsp3) is 0.286. The number of imidazole rings is 1. The van der Waals surface area contributed by atoms with E-state index in [9.17, 15) is 0 Å². The van der Waals surface area contributed by atoms with Gasteiger partial charge in [0, 0.05) is 30.2 Å². The topological polar surface area (TPSA) is 70.7 Å². The Morgan fingerprint density at radius 3 is 2.95 bits per heavy atom. The summed E-state index contributed by atoms with van der Waals surface area (Å²) >= 11 is 0. The van der Waals surface area contributed by atoms with E-state index in [2.05, 4.69) is 31.5 Å². The molecule has 0 saturated carbocycles. The summed E-state index contributed by atoms with van der Waals surface area (Å²) < 4.78 is 9.08. The lowest BCUT2D eigenvalue weighted by molar-refractivity contribution is 0.398. The largest absolute Gasteiger partial charge is 0.481 e. The Hall–Kier alpha value is -2.70. The van der Waals surface area contributed by atoms with Gasteiger partial charge in [-0.1, -0.05) is 0 Å². The van der Waals surface area contributed by atoms with Gasteiger partial charge in [-0.05, 0) is 13.0 Å². The third-order valence-electron chi connectivity index (χ3n) is 3.26. The van der Waals surface area contributed by atoms with E-state index in [0.29, 0.717) is 5.88 Å². The fourth-order valence-electron chi connectivity index (χ4n) is 2.24. The molecule has 0 amide bonds. The van der Waals surface area contributed by atoms with Crippen LogP contribution in [0.25, 0.3) is 11.4 Å². The van der Waals surface area contributed by atoms with Crippen LogP contribution < -0.4 is 4.74 Å². The number of methoxy groups -OCH3 is 1. The van der Waals surface area contributed by atoms with Gasteiger partial charge in [0.15, 0.2) is 0 Å². The maximum atomic E-state index is 5.17. The maximum absolute atomic E-state index is 5.17. The highest BCUT2D eigenvalue weighted by atomic mass is 16.5. The second kappa shape index (κ2) is 5.74. The van der Waals surface area contributed by atoms with Gasteiger partial charge in [-0.25, -0.2) is 15.0 Å². The number of ether oxygens (including phenoxy) is 1. The average molecular weight is 284 g/mol. The van der Waals surface area contributed by atoms with E-state index in [1.165, 1.54) is 6.33 Å². The number of hydrogen-bond acceptors (Lipinski definition) is 5. The quantitative estimate of drug-likeness (QED) is 0.714. The molecule has 7 heteroatoms.